The van der Waals surface area contributed by atoms with Gasteiger partial charge in [0.25, 0.3) is 0 Å². The van der Waals surface area contributed by atoms with Gasteiger partial charge in [-0.3, -0.25) is 0 Å². The number of hydrogen-bond donors (Lipinski definition) is 1. The van der Waals surface area contributed by atoms with Crippen LogP contribution in [0.5, 0.6) is 0 Å². The summed E-state index contributed by atoms with van der Waals surface area (Å²) < 4.78 is 0. The zero-order chi connectivity index (χ0) is 9.68. The first-order valence-electron chi connectivity index (χ1n) is 5.58. The maximum Gasteiger partial charge on any atom is 0.0161 e. The average molecular weight is 181 g/mol. The molecule has 0 aromatic rings. The van der Waals surface area contributed by atoms with E-state index in [0.29, 0.717) is 6.04 Å². The lowest BCUT2D eigenvalue weighted by Gasteiger charge is -2.28. The van der Waals surface area contributed by atoms with Crippen LogP contribution in [-0.4, -0.2) is 12.6 Å². The average Bonchev–Trinajstić information content (AvgIpc) is 2.15. The van der Waals surface area contributed by atoms with Crippen molar-refractivity contribution in [2.45, 2.75) is 52.0 Å². The van der Waals surface area contributed by atoms with Crippen LogP contribution < -0.4 is 5.32 Å². The molecular weight excluding hydrogens is 158 g/mol. The molecule has 0 unspecified atom stereocenters. The first-order chi connectivity index (χ1) is 6.20. The van der Waals surface area contributed by atoms with Crippen LogP contribution in [0.15, 0.2) is 12.2 Å². The van der Waals surface area contributed by atoms with E-state index in [0.717, 1.165) is 12.5 Å². The topological polar surface area (TPSA) is 12.0 Å². The summed E-state index contributed by atoms with van der Waals surface area (Å²) in [6.45, 7) is 9.30. The number of hydrogen-bond acceptors (Lipinski definition) is 1. The van der Waals surface area contributed by atoms with Crippen molar-refractivity contribution in [3.63, 3.8) is 0 Å². The van der Waals surface area contributed by atoms with Gasteiger partial charge in [-0.05, 0) is 32.6 Å². The van der Waals surface area contributed by atoms with Crippen molar-refractivity contribution in [1.29, 1.82) is 0 Å². The Hall–Kier alpha value is -0.300. The predicted molar refractivity (Wildman–Crippen MR) is 58.9 cm³/mol. The van der Waals surface area contributed by atoms with E-state index < -0.39 is 0 Å². The standard InChI is InChI=1S/C12H23N/c1-10(2)9-13-11(3)12-7-5-4-6-8-12/h11-13H,1,4-9H2,2-3H3/t11-/m1/s1. The van der Waals surface area contributed by atoms with Gasteiger partial charge in [-0.15, -0.1) is 0 Å². The first kappa shape index (κ1) is 10.8. The van der Waals surface area contributed by atoms with E-state index >= 15 is 0 Å². The second-order valence-corrected chi connectivity index (χ2v) is 4.52. The Bertz CT molecular complexity index is 157. The summed E-state index contributed by atoms with van der Waals surface area (Å²) in [6, 6.07) is 0.678. The monoisotopic (exact) mass is 181 g/mol. The Balaban J connectivity index is 2.20. The molecule has 0 heterocycles. The van der Waals surface area contributed by atoms with Crippen LogP contribution in [0.25, 0.3) is 0 Å². The summed E-state index contributed by atoms with van der Waals surface area (Å²) in [4.78, 5) is 0. The normalized spacial score (nSPS) is 21.4. The third kappa shape index (κ3) is 3.95. The van der Waals surface area contributed by atoms with Crippen molar-refractivity contribution in [1.82, 2.24) is 5.32 Å². The Morgan fingerprint density at radius 1 is 1.38 bits per heavy atom. The van der Waals surface area contributed by atoms with Crippen molar-refractivity contribution in [3.05, 3.63) is 12.2 Å². The van der Waals surface area contributed by atoms with Gasteiger partial charge >= 0.3 is 0 Å². The van der Waals surface area contributed by atoms with E-state index in [9.17, 15) is 0 Å². The van der Waals surface area contributed by atoms with Gasteiger partial charge < -0.3 is 5.32 Å². The predicted octanol–water partition coefficient (Wildman–Crippen LogP) is 3.12. The molecule has 0 spiro atoms. The number of nitrogens with one attached hydrogen (secondary N) is 1. The maximum absolute atomic E-state index is 3.91. The third-order valence-corrected chi connectivity index (χ3v) is 3.08. The fourth-order valence-corrected chi connectivity index (χ4v) is 2.14. The molecule has 0 saturated heterocycles. The fraction of sp³-hybridized carbons (Fsp3) is 0.833. The molecule has 0 radical (unpaired) electrons. The van der Waals surface area contributed by atoms with Crippen LogP contribution in [0.2, 0.25) is 0 Å². The van der Waals surface area contributed by atoms with Gasteiger partial charge in [-0.2, -0.15) is 0 Å². The summed E-state index contributed by atoms with van der Waals surface area (Å²) in [5.41, 5.74) is 1.24. The molecule has 1 rings (SSSR count). The molecule has 0 aromatic heterocycles. The molecule has 1 fully saturated rings. The van der Waals surface area contributed by atoms with E-state index in [1.807, 2.05) is 0 Å². The summed E-state index contributed by atoms with van der Waals surface area (Å²) in [5, 5.41) is 3.55. The van der Waals surface area contributed by atoms with Crippen molar-refractivity contribution >= 4 is 0 Å². The largest absolute Gasteiger partial charge is 0.310 e. The van der Waals surface area contributed by atoms with Gasteiger partial charge in [0.2, 0.25) is 0 Å². The zero-order valence-corrected chi connectivity index (χ0v) is 9.10. The fourth-order valence-electron chi connectivity index (χ4n) is 2.14. The molecule has 76 valence electrons. The molecule has 1 aliphatic rings. The summed E-state index contributed by atoms with van der Waals surface area (Å²) >= 11 is 0. The van der Waals surface area contributed by atoms with Gasteiger partial charge in [-0.25, -0.2) is 0 Å². The minimum Gasteiger partial charge on any atom is -0.310 e. The molecule has 0 aliphatic heterocycles. The van der Waals surface area contributed by atoms with Gasteiger partial charge in [0.1, 0.15) is 0 Å². The van der Waals surface area contributed by atoms with E-state index in [4.69, 9.17) is 0 Å². The molecule has 1 saturated carbocycles. The Kier molecular flexibility index (Phi) is 4.51. The smallest absolute Gasteiger partial charge is 0.0161 e. The van der Waals surface area contributed by atoms with Crippen molar-refractivity contribution in [2.75, 3.05) is 6.54 Å². The van der Waals surface area contributed by atoms with Gasteiger partial charge in [0.15, 0.2) is 0 Å². The highest BCUT2D eigenvalue weighted by molar-refractivity contribution is 4.92. The van der Waals surface area contributed by atoms with E-state index in [2.05, 4.69) is 25.7 Å². The number of rotatable bonds is 4. The first-order valence-corrected chi connectivity index (χ1v) is 5.58. The molecule has 0 amide bonds. The van der Waals surface area contributed by atoms with Crippen molar-refractivity contribution < 1.29 is 0 Å². The minimum atomic E-state index is 0.678. The van der Waals surface area contributed by atoms with Crippen LogP contribution in [0.4, 0.5) is 0 Å². The zero-order valence-electron chi connectivity index (χ0n) is 9.10. The lowest BCUT2D eigenvalue weighted by atomic mass is 9.84. The van der Waals surface area contributed by atoms with Crippen LogP contribution >= 0.6 is 0 Å². The van der Waals surface area contributed by atoms with Crippen molar-refractivity contribution in [3.8, 4) is 0 Å². The van der Waals surface area contributed by atoms with E-state index in [-0.39, 0.29) is 0 Å². The van der Waals surface area contributed by atoms with Gasteiger partial charge in [0, 0.05) is 12.6 Å². The van der Waals surface area contributed by atoms with Gasteiger partial charge in [-0.1, -0.05) is 31.4 Å². The van der Waals surface area contributed by atoms with Gasteiger partial charge in [0.05, 0.1) is 0 Å². The lowest BCUT2D eigenvalue weighted by Crippen LogP contribution is -2.35. The lowest BCUT2D eigenvalue weighted by molar-refractivity contribution is 0.286. The highest BCUT2D eigenvalue weighted by Gasteiger charge is 2.18. The second-order valence-electron chi connectivity index (χ2n) is 4.52. The van der Waals surface area contributed by atoms with Crippen LogP contribution in [0, 0.1) is 5.92 Å². The van der Waals surface area contributed by atoms with E-state index in [1.54, 1.807) is 0 Å². The molecule has 1 N–H and O–H groups in total. The van der Waals surface area contributed by atoms with Crippen molar-refractivity contribution in [2.24, 2.45) is 5.92 Å². The third-order valence-electron chi connectivity index (χ3n) is 3.08. The summed E-state index contributed by atoms with van der Waals surface area (Å²) in [7, 11) is 0. The maximum atomic E-state index is 3.91. The molecule has 1 nitrogen and oxygen atoms in total. The molecule has 0 bridgehead atoms. The molecule has 13 heavy (non-hydrogen) atoms. The summed E-state index contributed by atoms with van der Waals surface area (Å²) in [5.74, 6) is 0.910. The quantitative estimate of drug-likeness (QED) is 0.657. The van der Waals surface area contributed by atoms with Crippen LogP contribution in [-0.2, 0) is 0 Å². The van der Waals surface area contributed by atoms with Crippen LogP contribution in [0.1, 0.15) is 46.0 Å². The molecule has 0 aromatic carbocycles. The highest BCUT2D eigenvalue weighted by Crippen LogP contribution is 2.26. The molecular formula is C12H23N. The van der Waals surface area contributed by atoms with Crippen LogP contribution in [0.3, 0.4) is 0 Å². The minimum absolute atomic E-state index is 0.678. The van der Waals surface area contributed by atoms with E-state index in [1.165, 1.54) is 37.7 Å². The molecule has 1 atom stereocenters. The highest BCUT2D eigenvalue weighted by atomic mass is 14.9. The molecule has 1 aliphatic carbocycles. The molecule has 1 heteroatoms. The SMILES string of the molecule is C=C(C)CN[C@H](C)C1CCCCC1. The Morgan fingerprint density at radius 2 is 2.00 bits per heavy atom. The Morgan fingerprint density at radius 3 is 2.54 bits per heavy atom. The Labute approximate surface area is 82.6 Å². The second kappa shape index (κ2) is 5.43. The summed E-state index contributed by atoms with van der Waals surface area (Å²) in [6.07, 6.45) is 7.16.